The number of furan rings is 1. The van der Waals surface area contributed by atoms with Gasteiger partial charge in [0.2, 0.25) is 0 Å². The number of nitrogens with zero attached hydrogens (tertiary/aromatic N) is 1. The zero-order valence-electron chi connectivity index (χ0n) is 8.69. The summed E-state index contributed by atoms with van der Waals surface area (Å²) >= 11 is 0. The Morgan fingerprint density at radius 3 is 3.06 bits per heavy atom. The van der Waals surface area contributed by atoms with E-state index in [2.05, 4.69) is 15.2 Å². The second kappa shape index (κ2) is 4.63. The quantitative estimate of drug-likeness (QED) is 0.760. The molecule has 2 aromatic heterocycles. The van der Waals surface area contributed by atoms with Gasteiger partial charge in [0.25, 0.3) is 5.56 Å². The van der Waals surface area contributed by atoms with Gasteiger partial charge in [0.1, 0.15) is 23.9 Å². The molecule has 0 bridgehead atoms. The van der Waals surface area contributed by atoms with Gasteiger partial charge in [0.15, 0.2) is 0 Å². The largest absolute Gasteiger partial charge is 0.458 e. The molecular weight excluding hydrogens is 210 g/mol. The van der Waals surface area contributed by atoms with E-state index in [4.69, 9.17) is 9.15 Å². The minimum absolute atomic E-state index is 0.216. The van der Waals surface area contributed by atoms with Crippen molar-refractivity contribution in [3.05, 3.63) is 40.1 Å². The van der Waals surface area contributed by atoms with Gasteiger partial charge in [0.05, 0.1) is 6.21 Å². The van der Waals surface area contributed by atoms with Gasteiger partial charge in [-0.1, -0.05) is 0 Å². The maximum atomic E-state index is 10.8. The first-order valence-corrected chi connectivity index (χ1v) is 4.67. The van der Waals surface area contributed by atoms with Crippen LogP contribution in [-0.2, 0) is 11.3 Å². The van der Waals surface area contributed by atoms with E-state index in [-0.39, 0.29) is 5.56 Å². The van der Waals surface area contributed by atoms with Crippen LogP contribution in [0.4, 0.5) is 5.82 Å². The van der Waals surface area contributed by atoms with E-state index in [0.29, 0.717) is 18.2 Å². The first-order chi connectivity index (χ1) is 7.78. The van der Waals surface area contributed by atoms with Crippen LogP contribution in [0.2, 0.25) is 0 Å². The number of H-pyrrole nitrogens is 2. The summed E-state index contributed by atoms with van der Waals surface area (Å²) in [7, 11) is 1.60. The Labute approximate surface area is 90.9 Å². The monoisotopic (exact) mass is 221 g/mol. The van der Waals surface area contributed by atoms with Gasteiger partial charge in [0, 0.05) is 13.2 Å². The van der Waals surface area contributed by atoms with Crippen molar-refractivity contribution in [2.75, 3.05) is 7.11 Å². The number of rotatable bonds is 4. The molecule has 0 saturated heterocycles. The second-order valence-electron chi connectivity index (χ2n) is 3.14. The molecule has 84 valence electrons. The molecule has 0 spiro atoms. The highest BCUT2D eigenvalue weighted by molar-refractivity contribution is 5.78. The summed E-state index contributed by atoms with van der Waals surface area (Å²) in [5.74, 6) is 1.79. The fourth-order valence-corrected chi connectivity index (χ4v) is 1.21. The molecule has 0 aliphatic rings. The number of aliphatic imine (C=N–C) groups is 1. The number of nitrogens with one attached hydrogen (secondary N) is 2. The lowest BCUT2D eigenvalue weighted by molar-refractivity contribution is 0.164. The average Bonchev–Trinajstić information content (AvgIpc) is 2.85. The molecule has 16 heavy (non-hydrogen) atoms. The van der Waals surface area contributed by atoms with Crippen LogP contribution in [0.25, 0.3) is 0 Å². The van der Waals surface area contributed by atoms with Crippen LogP contribution in [0.5, 0.6) is 0 Å². The summed E-state index contributed by atoms with van der Waals surface area (Å²) in [4.78, 5) is 14.8. The minimum Gasteiger partial charge on any atom is -0.458 e. The molecule has 6 nitrogen and oxygen atoms in total. The second-order valence-corrected chi connectivity index (χ2v) is 3.14. The van der Waals surface area contributed by atoms with Crippen molar-refractivity contribution in [1.82, 2.24) is 10.2 Å². The van der Waals surface area contributed by atoms with Crippen LogP contribution in [0.3, 0.4) is 0 Å². The molecule has 2 aromatic rings. The number of methoxy groups -OCH3 is 1. The molecule has 2 rings (SSSR count). The van der Waals surface area contributed by atoms with Gasteiger partial charge in [-0.25, -0.2) is 4.99 Å². The molecule has 0 atom stereocenters. The molecule has 0 amide bonds. The molecule has 0 saturated carbocycles. The molecule has 0 aromatic carbocycles. The summed E-state index contributed by atoms with van der Waals surface area (Å²) in [6, 6.07) is 4.95. The van der Waals surface area contributed by atoms with Gasteiger partial charge in [-0.3, -0.25) is 15.0 Å². The molecule has 6 heteroatoms. The van der Waals surface area contributed by atoms with Gasteiger partial charge in [-0.05, 0) is 12.1 Å². The van der Waals surface area contributed by atoms with Crippen molar-refractivity contribution >= 4 is 12.0 Å². The number of hydrogen-bond acceptors (Lipinski definition) is 4. The Morgan fingerprint density at radius 1 is 1.50 bits per heavy atom. The molecule has 0 radical (unpaired) electrons. The first kappa shape index (κ1) is 10.4. The number of aromatic amines is 2. The number of aromatic nitrogens is 2. The summed E-state index contributed by atoms with van der Waals surface area (Å²) in [5, 5.41) is 4.99. The standard InChI is InChI=1S/C10H11N3O3/c1-15-6-8-3-2-7(16-8)5-11-9-4-10(14)13-12-9/h2-5H,6H2,1H3,(H2,12,13,14). The smallest absolute Gasteiger partial charge is 0.266 e. The molecular formula is C10H11N3O3. The Bertz CT molecular complexity index is 535. The highest BCUT2D eigenvalue weighted by Gasteiger charge is 1.99. The lowest BCUT2D eigenvalue weighted by atomic mass is 10.4. The van der Waals surface area contributed by atoms with E-state index in [0.717, 1.165) is 5.76 Å². The van der Waals surface area contributed by atoms with Gasteiger partial charge in [-0.15, -0.1) is 0 Å². The molecule has 2 heterocycles. The Hall–Kier alpha value is -2.08. The predicted octanol–water partition coefficient (Wildman–Crippen LogP) is 1.19. The van der Waals surface area contributed by atoms with Crippen molar-refractivity contribution in [3.63, 3.8) is 0 Å². The SMILES string of the molecule is COCc1ccc(C=Nc2cc(=O)[nH][nH]2)o1. The fourth-order valence-electron chi connectivity index (χ4n) is 1.21. The zero-order chi connectivity index (χ0) is 11.4. The Morgan fingerprint density at radius 2 is 2.38 bits per heavy atom. The summed E-state index contributed by atoms with van der Waals surface area (Å²) in [5.41, 5.74) is -0.216. The van der Waals surface area contributed by atoms with Crippen LogP contribution in [0, 0.1) is 0 Å². The number of ether oxygens (including phenoxy) is 1. The summed E-state index contributed by atoms with van der Waals surface area (Å²) < 4.78 is 10.3. The maximum Gasteiger partial charge on any atom is 0.266 e. The van der Waals surface area contributed by atoms with E-state index in [1.807, 2.05) is 6.07 Å². The third-order valence-electron chi connectivity index (χ3n) is 1.88. The van der Waals surface area contributed by atoms with E-state index in [1.165, 1.54) is 12.3 Å². The average molecular weight is 221 g/mol. The summed E-state index contributed by atoms with van der Waals surface area (Å²) in [6.07, 6.45) is 1.53. The molecule has 0 aliphatic heterocycles. The lowest BCUT2D eigenvalue weighted by Crippen LogP contribution is -1.93. The molecule has 0 fully saturated rings. The molecule has 0 unspecified atom stereocenters. The van der Waals surface area contributed by atoms with Crippen LogP contribution < -0.4 is 5.56 Å². The molecule has 2 N–H and O–H groups in total. The Kier molecular flexibility index (Phi) is 3.02. The lowest BCUT2D eigenvalue weighted by Gasteiger charge is -1.91. The summed E-state index contributed by atoms with van der Waals surface area (Å²) in [6.45, 7) is 0.425. The third kappa shape index (κ3) is 2.48. The highest BCUT2D eigenvalue weighted by atomic mass is 16.5. The third-order valence-corrected chi connectivity index (χ3v) is 1.88. The zero-order valence-corrected chi connectivity index (χ0v) is 8.69. The van der Waals surface area contributed by atoms with E-state index in [1.54, 1.807) is 13.2 Å². The predicted molar refractivity (Wildman–Crippen MR) is 58.1 cm³/mol. The highest BCUT2D eigenvalue weighted by Crippen LogP contribution is 2.08. The van der Waals surface area contributed by atoms with Crippen LogP contribution in [0.15, 0.2) is 32.4 Å². The van der Waals surface area contributed by atoms with Crippen LogP contribution in [0.1, 0.15) is 11.5 Å². The van der Waals surface area contributed by atoms with Crippen molar-refractivity contribution in [1.29, 1.82) is 0 Å². The topological polar surface area (TPSA) is 83.4 Å². The maximum absolute atomic E-state index is 10.8. The normalized spacial score (nSPS) is 11.3. The Balaban J connectivity index is 2.08. The van der Waals surface area contributed by atoms with Crippen molar-refractivity contribution in [3.8, 4) is 0 Å². The van der Waals surface area contributed by atoms with Crippen LogP contribution >= 0.6 is 0 Å². The number of hydrogen-bond donors (Lipinski definition) is 2. The van der Waals surface area contributed by atoms with Gasteiger partial charge in [-0.2, -0.15) is 0 Å². The van der Waals surface area contributed by atoms with Gasteiger partial charge >= 0.3 is 0 Å². The fraction of sp³-hybridized carbons (Fsp3) is 0.200. The van der Waals surface area contributed by atoms with E-state index >= 15 is 0 Å². The van der Waals surface area contributed by atoms with Crippen LogP contribution in [-0.4, -0.2) is 23.5 Å². The van der Waals surface area contributed by atoms with Crippen molar-refractivity contribution < 1.29 is 9.15 Å². The van der Waals surface area contributed by atoms with E-state index in [9.17, 15) is 4.79 Å². The van der Waals surface area contributed by atoms with Crippen molar-refractivity contribution in [2.24, 2.45) is 4.99 Å². The van der Waals surface area contributed by atoms with Gasteiger partial charge < -0.3 is 9.15 Å². The first-order valence-electron chi connectivity index (χ1n) is 4.67. The minimum atomic E-state index is -0.216. The van der Waals surface area contributed by atoms with E-state index < -0.39 is 0 Å². The van der Waals surface area contributed by atoms with Crippen molar-refractivity contribution in [2.45, 2.75) is 6.61 Å². The molecule has 0 aliphatic carbocycles.